The van der Waals surface area contributed by atoms with Gasteiger partial charge in [0.05, 0.1) is 19.0 Å². The van der Waals surface area contributed by atoms with Gasteiger partial charge in [-0.2, -0.15) is 5.10 Å². The number of ether oxygens (including phenoxy) is 1. The Labute approximate surface area is 193 Å². The number of fused-ring (bicyclic) bond motifs is 1. The average molecular weight is 470 g/mol. The van der Waals surface area contributed by atoms with E-state index in [4.69, 9.17) is 16.3 Å². The SMILES string of the molecule is Cc1nc2c(-c3ccc(Cl)cc3F)nc(N3CC(COc4cnn(C)c4)C3)nc2c(=O)n1C. The molecule has 5 rings (SSSR count). The maximum atomic E-state index is 14.8. The van der Waals surface area contributed by atoms with Crippen LogP contribution in [-0.4, -0.2) is 49.0 Å². The Morgan fingerprint density at radius 1 is 1.18 bits per heavy atom. The number of benzene rings is 1. The van der Waals surface area contributed by atoms with Gasteiger partial charge in [0, 0.05) is 43.7 Å². The van der Waals surface area contributed by atoms with Crippen molar-refractivity contribution in [3.8, 4) is 17.0 Å². The standard InChI is InChI=1S/C22H21ClFN7O2/c1-12-26-19-18(16-5-4-14(23)6-17(16)24)27-22(28-20(19)21(32)30(12)3)31-8-13(9-31)11-33-15-7-25-29(2)10-15/h4-7,10,13H,8-9,11H2,1-3H3. The van der Waals surface area contributed by atoms with Crippen molar-refractivity contribution in [2.75, 3.05) is 24.6 Å². The molecule has 1 aliphatic heterocycles. The minimum absolute atomic E-state index is 0.146. The van der Waals surface area contributed by atoms with E-state index in [1.165, 1.54) is 10.6 Å². The lowest BCUT2D eigenvalue weighted by Gasteiger charge is -2.39. The molecule has 1 saturated heterocycles. The van der Waals surface area contributed by atoms with E-state index in [-0.39, 0.29) is 38.8 Å². The summed E-state index contributed by atoms with van der Waals surface area (Å²) in [6.45, 7) is 3.53. The number of nitrogens with zero attached hydrogens (tertiary/aromatic N) is 7. The summed E-state index contributed by atoms with van der Waals surface area (Å²) >= 11 is 5.93. The number of rotatable bonds is 5. The Morgan fingerprint density at radius 2 is 1.97 bits per heavy atom. The molecule has 3 aromatic heterocycles. The van der Waals surface area contributed by atoms with Crippen LogP contribution in [0, 0.1) is 18.7 Å². The predicted molar refractivity (Wildman–Crippen MR) is 122 cm³/mol. The molecule has 0 radical (unpaired) electrons. The largest absolute Gasteiger partial charge is 0.490 e. The minimum atomic E-state index is -0.542. The quantitative estimate of drug-likeness (QED) is 0.444. The van der Waals surface area contributed by atoms with Gasteiger partial charge in [-0.1, -0.05) is 11.6 Å². The summed E-state index contributed by atoms with van der Waals surface area (Å²) in [7, 11) is 3.46. The highest BCUT2D eigenvalue weighted by Gasteiger charge is 2.31. The molecule has 4 heterocycles. The summed E-state index contributed by atoms with van der Waals surface area (Å²) in [5.74, 6) is 1.27. The molecule has 1 fully saturated rings. The molecule has 0 spiro atoms. The van der Waals surface area contributed by atoms with Gasteiger partial charge in [0.25, 0.3) is 5.56 Å². The third-order valence-electron chi connectivity index (χ3n) is 5.73. The molecular weight excluding hydrogens is 449 g/mol. The first kappa shape index (κ1) is 21.3. The molecule has 0 atom stereocenters. The molecule has 0 N–H and O–H groups in total. The molecule has 4 aromatic rings. The highest BCUT2D eigenvalue weighted by Crippen LogP contribution is 2.31. The zero-order valence-electron chi connectivity index (χ0n) is 18.3. The normalized spacial score (nSPS) is 14.0. The van der Waals surface area contributed by atoms with Crippen LogP contribution in [0.3, 0.4) is 0 Å². The van der Waals surface area contributed by atoms with E-state index in [1.54, 1.807) is 43.2 Å². The number of hydrogen-bond donors (Lipinski definition) is 0. The molecule has 0 bridgehead atoms. The zero-order valence-corrected chi connectivity index (χ0v) is 19.0. The third kappa shape index (κ3) is 3.91. The molecule has 1 aliphatic rings. The Balaban J connectivity index is 1.49. The van der Waals surface area contributed by atoms with E-state index in [1.807, 2.05) is 11.9 Å². The summed E-state index contributed by atoms with van der Waals surface area (Å²) in [5, 5.41) is 4.36. The van der Waals surface area contributed by atoms with Crippen LogP contribution in [-0.2, 0) is 14.1 Å². The van der Waals surface area contributed by atoms with Crippen molar-refractivity contribution in [2.45, 2.75) is 6.92 Å². The Morgan fingerprint density at radius 3 is 2.67 bits per heavy atom. The molecule has 9 nitrogen and oxygen atoms in total. The van der Waals surface area contributed by atoms with Crippen LogP contribution in [0.5, 0.6) is 5.75 Å². The van der Waals surface area contributed by atoms with Crippen molar-refractivity contribution in [3.63, 3.8) is 0 Å². The number of hydrogen-bond acceptors (Lipinski definition) is 7. The topological polar surface area (TPSA) is 91.0 Å². The van der Waals surface area contributed by atoms with Gasteiger partial charge in [-0.3, -0.25) is 14.0 Å². The Hall–Kier alpha value is -3.53. The van der Waals surface area contributed by atoms with E-state index < -0.39 is 5.82 Å². The van der Waals surface area contributed by atoms with E-state index in [9.17, 15) is 9.18 Å². The molecule has 33 heavy (non-hydrogen) atoms. The predicted octanol–water partition coefficient (Wildman–Crippen LogP) is 2.74. The highest BCUT2D eigenvalue weighted by molar-refractivity contribution is 6.30. The number of anilines is 1. The smallest absolute Gasteiger partial charge is 0.279 e. The first-order valence-corrected chi connectivity index (χ1v) is 10.7. The first-order valence-electron chi connectivity index (χ1n) is 10.4. The average Bonchev–Trinajstić information content (AvgIpc) is 3.16. The van der Waals surface area contributed by atoms with Crippen molar-refractivity contribution in [2.24, 2.45) is 20.0 Å². The molecular formula is C22H21ClFN7O2. The fourth-order valence-electron chi connectivity index (χ4n) is 3.78. The Bertz CT molecular complexity index is 1430. The van der Waals surface area contributed by atoms with Crippen LogP contribution >= 0.6 is 11.6 Å². The van der Waals surface area contributed by atoms with Gasteiger partial charge in [0.1, 0.15) is 22.9 Å². The Kier molecular flexibility index (Phi) is 5.24. The van der Waals surface area contributed by atoms with Crippen molar-refractivity contribution < 1.29 is 9.13 Å². The molecule has 1 aromatic carbocycles. The van der Waals surface area contributed by atoms with Gasteiger partial charge >= 0.3 is 0 Å². The van der Waals surface area contributed by atoms with Gasteiger partial charge in [0.15, 0.2) is 11.3 Å². The van der Waals surface area contributed by atoms with Gasteiger partial charge in [0.2, 0.25) is 5.95 Å². The zero-order chi connectivity index (χ0) is 23.3. The molecule has 11 heteroatoms. The summed E-state index contributed by atoms with van der Waals surface area (Å²) in [6.07, 6.45) is 3.47. The van der Waals surface area contributed by atoms with Crippen LogP contribution in [0.2, 0.25) is 5.02 Å². The maximum absolute atomic E-state index is 14.8. The summed E-state index contributed by atoms with van der Waals surface area (Å²) < 4.78 is 23.7. The lowest BCUT2D eigenvalue weighted by molar-refractivity contribution is 0.219. The molecule has 170 valence electrons. The fraction of sp³-hybridized carbons (Fsp3) is 0.318. The van der Waals surface area contributed by atoms with E-state index in [2.05, 4.69) is 20.1 Å². The summed E-state index contributed by atoms with van der Waals surface area (Å²) in [6, 6.07) is 4.34. The van der Waals surface area contributed by atoms with Gasteiger partial charge < -0.3 is 9.64 Å². The van der Waals surface area contributed by atoms with Crippen molar-refractivity contribution in [1.29, 1.82) is 0 Å². The van der Waals surface area contributed by atoms with Crippen molar-refractivity contribution in [3.05, 3.63) is 57.6 Å². The second kappa shape index (κ2) is 8.11. The van der Waals surface area contributed by atoms with Gasteiger partial charge in [-0.25, -0.2) is 19.3 Å². The maximum Gasteiger partial charge on any atom is 0.279 e. The molecule has 0 unspecified atom stereocenters. The lowest BCUT2D eigenvalue weighted by Crippen LogP contribution is -2.50. The monoisotopic (exact) mass is 469 g/mol. The molecule has 0 saturated carbocycles. The van der Waals surface area contributed by atoms with Gasteiger partial charge in [-0.05, 0) is 25.1 Å². The number of aryl methyl sites for hydroxylation is 2. The van der Waals surface area contributed by atoms with Crippen LogP contribution in [0.1, 0.15) is 5.82 Å². The molecule has 0 amide bonds. The van der Waals surface area contributed by atoms with Crippen LogP contribution in [0.4, 0.5) is 10.3 Å². The van der Waals surface area contributed by atoms with Crippen LogP contribution in [0.15, 0.2) is 35.4 Å². The summed E-state index contributed by atoms with van der Waals surface area (Å²) in [4.78, 5) is 28.5. The first-order chi connectivity index (χ1) is 15.8. The number of aromatic nitrogens is 6. The highest BCUT2D eigenvalue weighted by atomic mass is 35.5. The van der Waals surface area contributed by atoms with Crippen molar-refractivity contribution in [1.82, 2.24) is 29.3 Å². The second-order valence-electron chi connectivity index (χ2n) is 8.15. The third-order valence-corrected chi connectivity index (χ3v) is 5.97. The van der Waals surface area contributed by atoms with Crippen molar-refractivity contribution >= 4 is 28.6 Å². The number of halogens is 2. The fourth-order valence-corrected chi connectivity index (χ4v) is 3.94. The minimum Gasteiger partial charge on any atom is -0.490 e. The molecule has 0 aliphatic carbocycles. The summed E-state index contributed by atoms with van der Waals surface area (Å²) in [5.41, 5.74) is 0.573. The van der Waals surface area contributed by atoms with E-state index >= 15 is 0 Å². The second-order valence-corrected chi connectivity index (χ2v) is 8.58. The van der Waals surface area contributed by atoms with Gasteiger partial charge in [-0.15, -0.1) is 0 Å². The lowest BCUT2D eigenvalue weighted by atomic mass is 10.0. The van der Waals surface area contributed by atoms with E-state index in [0.29, 0.717) is 37.2 Å². The van der Waals surface area contributed by atoms with Crippen LogP contribution in [0.25, 0.3) is 22.3 Å². The van der Waals surface area contributed by atoms with E-state index in [0.717, 1.165) is 0 Å². The van der Waals surface area contributed by atoms with Crippen LogP contribution < -0.4 is 15.2 Å².